The molecule has 96 valence electrons. The lowest BCUT2D eigenvalue weighted by molar-refractivity contribution is 0.603. The molecule has 1 N–H and O–H groups in total. The van der Waals surface area contributed by atoms with E-state index in [1.54, 1.807) is 6.07 Å². The molecule has 9 heteroatoms. The molecule has 0 spiro atoms. The summed E-state index contributed by atoms with van der Waals surface area (Å²) in [4.78, 5) is 8.27. The van der Waals surface area contributed by atoms with Crippen LogP contribution in [0.25, 0.3) is 0 Å². The van der Waals surface area contributed by atoms with Gasteiger partial charge in [0.15, 0.2) is 11.0 Å². The quantitative estimate of drug-likeness (QED) is 0.881. The molecule has 0 bridgehead atoms. The van der Waals surface area contributed by atoms with Gasteiger partial charge >= 0.3 is 0 Å². The summed E-state index contributed by atoms with van der Waals surface area (Å²) < 4.78 is 26.5. The van der Waals surface area contributed by atoms with E-state index in [9.17, 15) is 8.42 Å². The van der Waals surface area contributed by atoms with Gasteiger partial charge in [0.25, 0.3) is 10.0 Å². The van der Waals surface area contributed by atoms with Crippen molar-refractivity contribution in [1.29, 1.82) is 0 Å². The summed E-state index contributed by atoms with van der Waals surface area (Å²) in [6.07, 6.45) is 1.13. The van der Waals surface area contributed by atoms with E-state index < -0.39 is 10.0 Å². The van der Waals surface area contributed by atoms with Crippen molar-refractivity contribution in [2.24, 2.45) is 0 Å². The molecule has 2 aromatic heterocycles. The van der Waals surface area contributed by atoms with Gasteiger partial charge in [0, 0.05) is 4.88 Å². The second kappa shape index (κ2) is 5.00. The molecule has 0 fully saturated rings. The molecule has 0 aliphatic heterocycles. The summed E-state index contributed by atoms with van der Waals surface area (Å²) in [5, 5.41) is -0.0391. The molecule has 2 rings (SSSR count). The zero-order valence-electron chi connectivity index (χ0n) is 9.02. The fourth-order valence-corrected chi connectivity index (χ4v) is 3.79. The predicted molar refractivity (Wildman–Crippen MR) is 71.9 cm³/mol. The summed E-state index contributed by atoms with van der Waals surface area (Å²) in [6, 6.07) is 3.23. The van der Waals surface area contributed by atoms with E-state index in [2.05, 4.69) is 14.7 Å². The summed E-state index contributed by atoms with van der Waals surface area (Å²) in [5.74, 6) is -0.0391. The van der Waals surface area contributed by atoms with Crippen molar-refractivity contribution in [3.05, 3.63) is 33.5 Å². The lowest BCUT2D eigenvalue weighted by atomic mass is 10.5. The van der Waals surface area contributed by atoms with E-state index in [1.807, 2.05) is 6.92 Å². The van der Waals surface area contributed by atoms with Gasteiger partial charge in [0.1, 0.15) is 15.6 Å². The van der Waals surface area contributed by atoms with Crippen molar-refractivity contribution in [2.45, 2.75) is 11.1 Å². The van der Waals surface area contributed by atoms with Gasteiger partial charge in [-0.25, -0.2) is 18.4 Å². The van der Waals surface area contributed by atoms with E-state index in [0.29, 0.717) is 0 Å². The van der Waals surface area contributed by atoms with Gasteiger partial charge < -0.3 is 0 Å². The van der Waals surface area contributed by atoms with Gasteiger partial charge in [0.05, 0.1) is 0 Å². The Hall–Kier alpha value is -0.890. The lowest BCUT2D eigenvalue weighted by Gasteiger charge is -2.06. The maximum Gasteiger partial charge on any atom is 0.272 e. The molecule has 0 aliphatic rings. The van der Waals surface area contributed by atoms with Crippen molar-refractivity contribution in [3.8, 4) is 0 Å². The van der Waals surface area contributed by atoms with E-state index in [4.69, 9.17) is 23.2 Å². The molecule has 2 aromatic rings. The Morgan fingerprint density at radius 1 is 1.28 bits per heavy atom. The Balaban J connectivity index is 2.37. The Kier molecular flexibility index (Phi) is 3.76. The van der Waals surface area contributed by atoms with E-state index >= 15 is 0 Å². The van der Waals surface area contributed by atoms with Gasteiger partial charge in [0.2, 0.25) is 0 Å². The van der Waals surface area contributed by atoms with E-state index in [0.717, 1.165) is 22.5 Å². The minimum Gasteiger partial charge on any atom is -0.261 e. The van der Waals surface area contributed by atoms with E-state index in [1.165, 1.54) is 6.07 Å². The first-order chi connectivity index (χ1) is 8.40. The van der Waals surface area contributed by atoms with Crippen LogP contribution in [0.1, 0.15) is 4.88 Å². The van der Waals surface area contributed by atoms with Crippen molar-refractivity contribution >= 4 is 50.4 Å². The van der Waals surface area contributed by atoms with Crippen LogP contribution < -0.4 is 4.72 Å². The fraction of sp³-hybridized carbons (Fsp3) is 0.111. The van der Waals surface area contributed by atoms with Crippen LogP contribution in [-0.2, 0) is 10.0 Å². The molecule has 0 radical (unpaired) electrons. The Morgan fingerprint density at radius 3 is 2.61 bits per heavy atom. The highest BCUT2D eigenvalue weighted by Gasteiger charge is 2.19. The fourth-order valence-electron chi connectivity index (χ4n) is 1.15. The number of thiophene rings is 1. The number of rotatable bonds is 3. The molecule has 0 saturated heterocycles. The van der Waals surface area contributed by atoms with Crippen LogP contribution in [0.3, 0.4) is 0 Å². The van der Waals surface area contributed by atoms with Gasteiger partial charge in [-0.15, -0.1) is 11.3 Å². The maximum atomic E-state index is 12.0. The maximum absolute atomic E-state index is 12.0. The van der Waals surface area contributed by atoms with Crippen LogP contribution in [0.2, 0.25) is 10.2 Å². The Bertz CT molecular complexity index is 685. The number of anilines is 1. The average molecular weight is 324 g/mol. The number of aromatic nitrogens is 2. The van der Waals surface area contributed by atoms with Crippen molar-refractivity contribution in [3.63, 3.8) is 0 Å². The summed E-state index contributed by atoms with van der Waals surface area (Å²) in [6.45, 7) is 1.82. The van der Waals surface area contributed by atoms with Gasteiger partial charge in [-0.3, -0.25) is 4.72 Å². The SMILES string of the molecule is Cc1ccc(S(=O)(=O)Nc2ncnc(Cl)c2Cl)s1. The van der Waals surface area contributed by atoms with E-state index in [-0.39, 0.29) is 20.2 Å². The van der Waals surface area contributed by atoms with Crippen molar-refractivity contribution < 1.29 is 8.42 Å². The van der Waals surface area contributed by atoms with Gasteiger partial charge in [-0.05, 0) is 19.1 Å². The normalized spacial score (nSPS) is 11.5. The number of sulfonamides is 1. The van der Waals surface area contributed by atoms with Crippen molar-refractivity contribution in [1.82, 2.24) is 9.97 Å². The first kappa shape index (κ1) is 13.5. The third-order valence-corrected chi connectivity index (χ3v) is 5.53. The minimum atomic E-state index is -3.70. The highest BCUT2D eigenvalue weighted by molar-refractivity contribution is 7.94. The average Bonchev–Trinajstić information content (AvgIpc) is 2.72. The van der Waals surface area contributed by atoms with Crippen LogP contribution in [-0.4, -0.2) is 18.4 Å². The standard InChI is InChI=1S/C9H7Cl2N3O2S2/c1-5-2-3-6(17-5)18(15,16)14-9-7(10)8(11)12-4-13-9/h2-4H,1H3,(H,12,13,14). The summed E-state index contributed by atoms with van der Waals surface area (Å²) in [7, 11) is -3.70. The topological polar surface area (TPSA) is 72.0 Å². The first-order valence-corrected chi connectivity index (χ1v) is 7.71. The molecular weight excluding hydrogens is 317 g/mol. The van der Waals surface area contributed by atoms with Crippen molar-refractivity contribution in [2.75, 3.05) is 4.72 Å². The minimum absolute atomic E-state index is 0.00766. The largest absolute Gasteiger partial charge is 0.272 e. The first-order valence-electron chi connectivity index (χ1n) is 4.65. The molecule has 0 aliphatic carbocycles. The molecule has 5 nitrogen and oxygen atoms in total. The molecule has 18 heavy (non-hydrogen) atoms. The van der Waals surface area contributed by atoms with Gasteiger partial charge in [-0.1, -0.05) is 23.2 Å². The Morgan fingerprint density at radius 2 is 2.00 bits per heavy atom. The van der Waals surface area contributed by atoms with Crippen LogP contribution in [0.5, 0.6) is 0 Å². The number of hydrogen-bond acceptors (Lipinski definition) is 5. The molecule has 0 saturated carbocycles. The smallest absolute Gasteiger partial charge is 0.261 e. The number of halogens is 2. The molecule has 0 amide bonds. The summed E-state index contributed by atoms with van der Waals surface area (Å²) >= 11 is 12.6. The third-order valence-electron chi connectivity index (χ3n) is 1.96. The Labute approximate surface area is 118 Å². The zero-order chi connectivity index (χ0) is 13.3. The van der Waals surface area contributed by atoms with Crippen LogP contribution in [0, 0.1) is 6.92 Å². The molecular formula is C9H7Cl2N3O2S2. The zero-order valence-corrected chi connectivity index (χ0v) is 12.2. The van der Waals surface area contributed by atoms with Crippen LogP contribution in [0.15, 0.2) is 22.7 Å². The monoisotopic (exact) mass is 323 g/mol. The second-order valence-electron chi connectivity index (χ2n) is 3.30. The summed E-state index contributed by atoms with van der Waals surface area (Å²) in [5.41, 5.74) is 0. The van der Waals surface area contributed by atoms with Gasteiger partial charge in [-0.2, -0.15) is 0 Å². The number of hydrogen-bond donors (Lipinski definition) is 1. The predicted octanol–water partition coefficient (Wildman–Crippen LogP) is 2.95. The lowest BCUT2D eigenvalue weighted by Crippen LogP contribution is -2.13. The molecule has 0 aromatic carbocycles. The molecule has 2 heterocycles. The highest BCUT2D eigenvalue weighted by Crippen LogP contribution is 2.29. The van der Waals surface area contributed by atoms with Crippen LogP contribution >= 0.6 is 34.5 Å². The highest BCUT2D eigenvalue weighted by atomic mass is 35.5. The van der Waals surface area contributed by atoms with Crippen LogP contribution in [0.4, 0.5) is 5.82 Å². The number of nitrogens with one attached hydrogen (secondary N) is 1. The number of nitrogens with zero attached hydrogens (tertiary/aromatic N) is 2. The molecule has 0 atom stereocenters. The number of aryl methyl sites for hydroxylation is 1. The third kappa shape index (κ3) is 2.74. The second-order valence-corrected chi connectivity index (χ2v) is 7.23. The molecule has 0 unspecified atom stereocenters.